The number of rotatable bonds is 5. The molecule has 2 saturated heterocycles. The van der Waals surface area contributed by atoms with Crippen molar-refractivity contribution in [1.82, 2.24) is 14.7 Å². The van der Waals surface area contributed by atoms with Gasteiger partial charge in [-0.15, -0.1) is 0 Å². The third-order valence-corrected chi connectivity index (χ3v) is 4.76. The van der Waals surface area contributed by atoms with Gasteiger partial charge in [0.05, 0.1) is 6.54 Å². The summed E-state index contributed by atoms with van der Waals surface area (Å²) >= 11 is 0. The summed E-state index contributed by atoms with van der Waals surface area (Å²) in [6, 6.07) is 10.4. The Kier molecular flexibility index (Phi) is 5.83. The van der Waals surface area contributed by atoms with Crippen molar-refractivity contribution in [2.24, 2.45) is 0 Å². The Morgan fingerprint density at radius 2 is 1.61 bits per heavy atom. The minimum atomic E-state index is 0.311. The van der Waals surface area contributed by atoms with Crippen molar-refractivity contribution in [1.29, 1.82) is 0 Å². The third-order valence-electron chi connectivity index (χ3n) is 4.76. The Hall–Kier alpha value is -1.65. The van der Waals surface area contributed by atoms with E-state index < -0.39 is 0 Å². The van der Waals surface area contributed by atoms with E-state index in [1.807, 2.05) is 11.0 Å². The molecule has 0 bridgehead atoms. The molecule has 4 heteroatoms. The summed E-state index contributed by atoms with van der Waals surface area (Å²) in [5.41, 5.74) is 1.24. The molecule has 0 aliphatic carbocycles. The summed E-state index contributed by atoms with van der Waals surface area (Å²) in [4.78, 5) is 19.1. The van der Waals surface area contributed by atoms with Gasteiger partial charge in [0, 0.05) is 32.7 Å². The normalized spacial score (nSPS) is 20.4. The predicted octanol–water partition coefficient (Wildman–Crippen LogP) is 1.94. The van der Waals surface area contributed by atoms with Gasteiger partial charge in [-0.2, -0.15) is 0 Å². The molecule has 0 atom stereocenters. The summed E-state index contributed by atoms with van der Waals surface area (Å²) in [7, 11) is 0. The molecule has 2 heterocycles. The van der Waals surface area contributed by atoms with Crippen molar-refractivity contribution in [3.8, 4) is 0 Å². The van der Waals surface area contributed by atoms with Gasteiger partial charge in [-0.05, 0) is 31.5 Å². The quantitative estimate of drug-likeness (QED) is 0.831. The first kappa shape index (κ1) is 16.2. The minimum absolute atomic E-state index is 0.311. The molecular formula is C19H27N3O. The number of piperazine rings is 1. The number of carbonyl (C=O) groups excluding carboxylic acids is 1. The fourth-order valence-electron chi connectivity index (χ4n) is 3.31. The highest BCUT2D eigenvalue weighted by Gasteiger charge is 2.23. The van der Waals surface area contributed by atoms with Gasteiger partial charge in [0.15, 0.2) is 0 Å². The predicted molar refractivity (Wildman–Crippen MR) is 94.2 cm³/mol. The van der Waals surface area contributed by atoms with E-state index in [9.17, 15) is 4.79 Å². The lowest BCUT2D eigenvalue weighted by molar-refractivity contribution is -0.133. The van der Waals surface area contributed by atoms with Crippen LogP contribution < -0.4 is 0 Å². The van der Waals surface area contributed by atoms with Gasteiger partial charge in [0.1, 0.15) is 0 Å². The van der Waals surface area contributed by atoms with Crippen molar-refractivity contribution in [3.63, 3.8) is 0 Å². The van der Waals surface area contributed by atoms with E-state index in [4.69, 9.17) is 0 Å². The molecule has 2 aliphatic rings. The van der Waals surface area contributed by atoms with E-state index in [0.29, 0.717) is 12.5 Å². The fourth-order valence-corrected chi connectivity index (χ4v) is 3.31. The smallest absolute Gasteiger partial charge is 0.236 e. The lowest BCUT2D eigenvalue weighted by Gasteiger charge is -2.35. The molecule has 4 nitrogen and oxygen atoms in total. The van der Waals surface area contributed by atoms with Crippen LogP contribution in [0.25, 0.3) is 6.08 Å². The number of likely N-dealkylation sites (tertiary alicyclic amines) is 1. The maximum atomic E-state index is 12.3. The van der Waals surface area contributed by atoms with E-state index in [0.717, 1.165) is 45.8 Å². The molecule has 2 aliphatic heterocycles. The summed E-state index contributed by atoms with van der Waals surface area (Å²) in [5.74, 6) is 0.311. The molecule has 0 spiro atoms. The van der Waals surface area contributed by atoms with Crippen molar-refractivity contribution >= 4 is 12.0 Å². The molecule has 23 heavy (non-hydrogen) atoms. The molecule has 1 aromatic carbocycles. The van der Waals surface area contributed by atoms with Crippen LogP contribution in [0.4, 0.5) is 0 Å². The first-order chi connectivity index (χ1) is 11.3. The molecule has 1 amide bonds. The summed E-state index contributed by atoms with van der Waals surface area (Å²) in [5, 5.41) is 0. The Balaban J connectivity index is 1.38. The van der Waals surface area contributed by atoms with Crippen molar-refractivity contribution in [2.45, 2.75) is 12.8 Å². The van der Waals surface area contributed by atoms with Crippen LogP contribution in [0.15, 0.2) is 36.4 Å². The van der Waals surface area contributed by atoms with Crippen LogP contribution in [0.5, 0.6) is 0 Å². The monoisotopic (exact) mass is 313 g/mol. The van der Waals surface area contributed by atoms with E-state index in [2.05, 4.69) is 46.2 Å². The molecule has 1 aromatic rings. The Labute approximate surface area is 139 Å². The maximum Gasteiger partial charge on any atom is 0.236 e. The number of benzene rings is 1. The zero-order valence-electron chi connectivity index (χ0n) is 13.9. The number of hydrogen-bond acceptors (Lipinski definition) is 3. The van der Waals surface area contributed by atoms with Crippen LogP contribution in [0.3, 0.4) is 0 Å². The standard InChI is InChI=1S/C19H27N3O/c23-19(17-21-10-4-5-11-21)22-15-13-20(14-16-22)12-6-9-18-7-2-1-3-8-18/h1-3,6-9H,4-5,10-17H2/b9-6+. The van der Waals surface area contributed by atoms with E-state index in [1.54, 1.807) is 0 Å². The lowest BCUT2D eigenvalue weighted by Crippen LogP contribution is -2.50. The average Bonchev–Trinajstić information content (AvgIpc) is 3.09. The van der Waals surface area contributed by atoms with Gasteiger partial charge in [0.25, 0.3) is 0 Å². The average molecular weight is 313 g/mol. The van der Waals surface area contributed by atoms with Gasteiger partial charge in [-0.3, -0.25) is 14.6 Å². The first-order valence-corrected chi connectivity index (χ1v) is 8.75. The highest BCUT2D eigenvalue weighted by atomic mass is 16.2. The molecule has 3 rings (SSSR count). The second kappa shape index (κ2) is 8.27. The lowest BCUT2D eigenvalue weighted by atomic mass is 10.2. The molecule has 0 saturated carbocycles. The Morgan fingerprint density at radius 1 is 0.913 bits per heavy atom. The summed E-state index contributed by atoms with van der Waals surface area (Å²) in [6.45, 7) is 7.45. The number of carbonyl (C=O) groups is 1. The maximum absolute atomic E-state index is 12.3. The molecule has 0 aromatic heterocycles. The van der Waals surface area contributed by atoms with Crippen molar-refractivity contribution < 1.29 is 4.79 Å². The van der Waals surface area contributed by atoms with E-state index in [-0.39, 0.29) is 0 Å². The van der Waals surface area contributed by atoms with E-state index in [1.165, 1.54) is 18.4 Å². The highest BCUT2D eigenvalue weighted by molar-refractivity contribution is 5.78. The molecular weight excluding hydrogens is 286 g/mol. The SMILES string of the molecule is O=C(CN1CCCC1)N1CCN(C/C=C/c2ccccc2)CC1. The largest absolute Gasteiger partial charge is 0.339 e. The zero-order valence-corrected chi connectivity index (χ0v) is 13.9. The third kappa shape index (κ3) is 4.91. The molecule has 0 unspecified atom stereocenters. The van der Waals surface area contributed by atoms with Crippen LogP contribution in [-0.4, -0.2) is 73.0 Å². The van der Waals surface area contributed by atoms with Crippen LogP contribution in [0.2, 0.25) is 0 Å². The molecule has 124 valence electrons. The Morgan fingerprint density at radius 3 is 2.30 bits per heavy atom. The minimum Gasteiger partial charge on any atom is -0.339 e. The van der Waals surface area contributed by atoms with E-state index >= 15 is 0 Å². The number of hydrogen-bond donors (Lipinski definition) is 0. The first-order valence-electron chi connectivity index (χ1n) is 8.75. The van der Waals surface area contributed by atoms with Crippen molar-refractivity contribution in [2.75, 3.05) is 52.4 Å². The number of amides is 1. The Bertz CT molecular complexity index is 515. The number of nitrogens with zero attached hydrogens (tertiary/aromatic N) is 3. The second-order valence-corrected chi connectivity index (χ2v) is 6.48. The van der Waals surface area contributed by atoms with Gasteiger partial charge in [-0.25, -0.2) is 0 Å². The highest BCUT2D eigenvalue weighted by Crippen LogP contribution is 2.09. The molecule has 0 radical (unpaired) electrons. The fraction of sp³-hybridized carbons (Fsp3) is 0.526. The topological polar surface area (TPSA) is 26.8 Å². The van der Waals surface area contributed by atoms with Crippen LogP contribution >= 0.6 is 0 Å². The summed E-state index contributed by atoms with van der Waals surface area (Å²) < 4.78 is 0. The molecule has 2 fully saturated rings. The van der Waals surface area contributed by atoms with Gasteiger partial charge < -0.3 is 4.90 Å². The van der Waals surface area contributed by atoms with Crippen molar-refractivity contribution in [3.05, 3.63) is 42.0 Å². The van der Waals surface area contributed by atoms with Gasteiger partial charge in [-0.1, -0.05) is 42.5 Å². The van der Waals surface area contributed by atoms with Crippen LogP contribution in [0, 0.1) is 0 Å². The second-order valence-electron chi connectivity index (χ2n) is 6.48. The van der Waals surface area contributed by atoms with Crippen LogP contribution in [0.1, 0.15) is 18.4 Å². The molecule has 0 N–H and O–H groups in total. The van der Waals surface area contributed by atoms with Gasteiger partial charge in [0.2, 0.25) is 5.91 Å². The zero-order chi connectivity index (χ0) is 15.9. The summed E-state index contributed by atoms with van der Waals surface area (Å²) in [6.07, 6.45) is 6.88. The van der Waals surface area contributed by atoms with Crippen LogP contribution in [-0.2, 0) is 4.79 Å². The van der Waals surface area contributed by atoms with Gasteiger partial charge >= 0.3 is 0 Å².